The van der Waals surface area contributed by atoms with E-state index in [4.69, 9.17) is 0 Å². The maximum Gasteiger partial charge on any atom is 0.274 e. The summed E-state index contributed by atoms with van der Waals surface area (Å²) in [7, 11) is 0. The number of fused-ring (bicyclic) bond motifs is 1. The number of rotatable bonds is 5. The highest BCUT2D eigenvalue weighted by Gasteiger charge is 2.12. The highest BCUT2D eigenvalue weighted by molar-refractivity contribution is 7.99. The van der Waals surface area contributed by atoms with Gasteiger partial charge < -0.3 is 5.11 Å². The van der Waals surface area contributed by atoms with Crippen LogP contribution in [-0.4, -0.2) is 26.7 Å². The fraction of sp³-hybridized carbons (Fsp3) is 0.222. The van der Waals surface area contributed by atoms with Gasteiger partial charge in [0, 0.05) is 16.0 Å². The second kappa shape index (κ2) is 6.98. The van der Waals surface area contributed by atoms with Crippen molar-refractivity contribution in [1.82, 2.24) is 9.78 Å². The van der Waals surface area contributed by atoms with Gasteiger partial charge in [0.2, 0.25) is 0 Å². The number of nitrogens with zero attached hydrogens (tertiary/aromatic N) is 2. The molecule has 1 atom stereocenters. The van der Waals surface area contributed by atoms with E-state index in [9.17, 15) is 9.90 Å². The Morgan fingerprint density at radius 1 is 1.09 bits per heavy atom. The van der Waals surface area contributed by atoms with Gasteiger partial charge in [-0.2, -0.15) is 5.10 Å². The van der Waals surface area contributed by atoms with Crippen LogP contribution in [0.4, 0.5) is 0 Å². The van der Waals surface area contributed by atoms with Crippen molar-refractivity contribution in [3.63, 3.8) is 0 Å². The third kappa shape index (κ3) is 3.63. The Labute approximate surface area is 138 Å². The van der Waals surface area contributed by atoms with E-state index in [0.29, 0.717) is 11.1 Å². The van der Waals surface area contributed by atoms with Gasteiger partial charge in [0.1, 0.15) is 0 Å². The largest absolute Gasteiger partial charge is 0.390 e. The summed E-state index contributed by atoms with van der Waals surface area (Å²) in [4.78, 5) is 13.6. The lowest BCUT2D eigenvalue weighted by Gasteiger charge is -2.13. The van der Waals surface area contributed by atoms with Gasteiger partial charge in [-0.25, -0.2) is 4.68 Å². The van der Waals surface area contributed by atoms with E-state index in [-0.39, 0.29) is 12.1 Å². The van der Waals surface area contributed by atoms with Gasteiger partial charge in [0.05, 0.1) is 23.7 Å². The minimum absolute atomic E-state index is 0.157. The number of hydrogen-bond donors (Lipinski definition) is 1. The average molecular weight is 326 g/mol. The summed E-state index contributed by atoms with van der Waals surface area (Å²) in [5.41, 5.74) is 0.637. The molecule has 1 unspecified atom stereocenters. The molecular formula is C18H18N2O2S. The van der Waals surface area contributed by atoms with E-state index >= 15 is 0 Å². The Kier molecular flexibility index (Phi) is 4.79. The van der Waals surface area contributed by atoms with Crippen LogP contribution >= 0.6 is 11.8 Å². The van der Waals surface area contributed by atoms with E-state index in [2.05, 4.69) is 5.10 Å². The maximum absolute atomic E-state index is 12.5. The molecule has 0 saturated heterocycles. The predicted octanol–water partition coefficient (Wildman–Crippen LogP) is 2.86. The number of aliphatic hydroxyl groups is 1. The van der Waals surface area contributed by atoms with Crippen molar-refractivity contribution in [2.45, 2.75) is 24.5 Å². The SMILES string of the molecule is Cc1nn(CC(O)CSc2ccccc2)c(=O)c2ccccc12. The Morgan fingerprint density at radius 2 is 1.74 bits per heavy atom. The van der Waals surface area contributed by atoms with Crippen LogP contribution in [0, 0.1) is 6.92 Å². The zero-order valence-corrected chi connectivity index (χ0v) is 13.7. The van der Waals surface area contributed by atoms with E-state index in [1.165, 1.54) is 4.68 Å². The Hall–Kier alpha value is -2.11. The van der Waals surface area contributed by atoms with Crippen LogP contribution in [0.3, 0.4) is 0 Å². The van der Waals surface area contributed by atoms with E-state index in [1.807, 2.05) is 55.5 Å². The highest BCUT2D eigenvalue weighted by Crippen LogP contribution is 2.18. The summed E-state index contributed by atoms with van der Waals surface area (Å²) >= 11 is 1.57. The van der Waals surface area contributed by atoms with Crippen molar-refractivity contribution >= 4 is 22.5 Å². The Morgan fingerprint density at radius 3 is 2.48 bits per heavy atom. The van der Waals surface area contributed by atoms with Crippen molar-refractivity contribution in [3.05, 3.63) is 70.6 Å². The quantitative estimate of drug-likeness (QED) is 0.733. The Balaban J connectivity index is 1.76. The monoisotopic (exact) mass is 326 g/mol. The number of thioether (sulfide) groups is 1. The van der Waals surface area contributed by atoms with Gasteiger partial charge >= 0.3 is 0 Å². The van der Waals surface area contributed by atoms with Crippen LogP contribution in [0.5, 0.6) is 0 Å². The van der Waals surface area contributed by atoms with Gasteiger partial charge in [-0.05, 0) is 25.1 Å². The smallest absolute Gasteiger partial charge is 0.274 e. The average Bonchev–Trinajstić information content (AvgIpc) is 2.59. The first-order valence-corrected chi connectivity index (χ1v) is 8.46. The summed E-state index contributed by atoms with van der Waals surface area (Å²) in [6.07, 6.45) is -0.633. The summed E-state index contributed by atoms with van der Waals surface area (Å²) in [5.74, 6) is 0.518. The molecule has 2 aromatic carbocycles. The van der Waals surface area contributed by atoms with Crippen molar-refractivity contribution in [1.29, 1.82) is 0 Å². The molecule has 3 rings (SSSR count). The summed E-state index contributed by atoms with van der Waals surface area (Å²) in [6.45, 7) is 2.08. The molecular weight excluding hydrogens is 308 g/mol. The van der Waals surface area contributed by atoms with Crippen molar-refractivity contribution < 1.29 is 5.11 Å². The molecule has 3 aromatic rings. The van der Waals surface area contributed by atoms with Crippen LogP contribution < -0.4 is 5.56 Å². The molecule has 0 amide bonds. The maximum atomic E-state index is 12.5. The van der Waals surface area contributed by atoms with E-state index in [0.717, 1.165) is 16.0 Å². The van der Waals surface area contributed by atoms with Gasteiger partial charge in [-0.1, -0.05) is 36.4 Å². The third-order valence-electron chi connectivity index (χ3n) is 3.62. The zero-order valence-electron chi connectivity index (χ0n) is 12.8. The number of aromatic nitrogens is 2. The first kappa shape index (κ1) is 15.8. The molecule has 5 heteroatoms. The number of aryl methyl sites for hydroxylation is 1. The normalized spacial score (nSPS) is 12.4. The molecule has 1 N–H and O–H groups in total. The molecule has 23 heavy (non-hydrogen) atoms. The van der Waals surface area contributed by atoms with Crippen molar-refractivity contribution in [3.8, 4) is 0 Å². The first-order valence-electron chi connectivity index (χ1n) is 7.47. The molecule has 1 heterocycles. The summed E-state index contributed by atoms with van der Waals surface area (Å²) < 4.78 is 1.37. The standard InChI is InChI=1S/C18H18N2O2S/c1-13-16-9-5-6-10-17(16)18(22)20(19-13)11-14(21)12-23-15-7-3-2-4-8-15/h2-10,14,21H,11-12H2,1H3. The lowest BCUT2D eigenvalue weighted by molar-refractivity contribution is 0.170. The fourth-order valence-electron chi connectivity index (χ4n) is 2.49. The molecule has 0 aliphatic rings. The van der Waals surface area contributed by atoms with Crippen molar-refractivity contribution in [2.75, 3.05) is 5.75 Å². The van der Waals surface area contributed by atoms with Crippen LogP contribution in [-0.2, 0) is 6.54 Å². The van der Waals surface area contributed by atoms with E-state index < -0.39 is 6.10 Å². The van der Waals surface area contributed by atoms with Gasteiger partial charge in [-0.3, -0.25) is 4.79 Å². The third-order valence-corrected chi connectivity index (χ3v) is 4.78. The minimum Gasteiger partial charge on any atom is -0.390 e. The molecule has 118 valence electrons. The highest BCUT2D eigenvalue weighted by atomic mass is 32.2. The van der Waals surface area contributed by atoms with Crippen LogP contribution in [0.25, 0.3) is 10.8 Å². The molecule has 0 aliphatic heterocycles. The summed E-state index contributed by atoms with van der Waals surface area (Å²) in [6, 6.07) is 17.3. The molecule has 0 bridgehead atoms. The van der Waals surface area contributed by atoms with E-state index in [1.54, 1.807) is 17.8 Å². The minimum atomic E-state index is -0.633. The van der Waals surface area contributed by atoms with Crippen LogP contribution in [0.1, 0.15) is 5.69 Å². The number of benzene rings is 2. The molecule has 0 radical (unpaired) electrons. The second-order valence-corrected chi connectivity index (χ2v) is 6.49. The molecule has 4 nitrogen and oxygen atoms in total. The molecule has 0 fully saturated rings. The second-order valence-electron chi connectivity index (χ2n) is 5.40. The number of aliphatic hydroxyl groups excluding tert-OH is 1. The number of hydrogen-bond acceptors (Lipinski definition) is 4. The van der Waals surface area contributed by atoms with Gasteiger partial charge in [0.25, 0.3) is 5.56 Å². The van der Waals surface area contributed by atoms with Gasteiger partial charge in [-0.15, -0.1) is 11.8 Å². The molecule has 0 saturated carbocycles. The predicted molar refractivity (Wildman–Crippen MR) is 93.9 cm³/mol. The summed E-state index contributed by atoms with van der Waals surface area (Å²) in [5, 5.41) is 16.1. The lowest BCUT2D eigenvalue weighted by atomic mass is 10.1. The molecule has 0 aliphatic carbocycles. The Bertz CT molecular complexity index is 862. The fourth-order valence-corrected chi connectivity index (χ4v) is 3.33. The topological polar surface area (TPSA) is 55.1 Å². The molecule has 1 aromatic heterocycles. The van der Waals surface area contributed by atoms with Gasteiger partial charge in [0.15, 0.2) is 0 Å². The molecule has 0 spiro atoms. The van der Waals surface area contributed by atoms with Crippen molar-refractivity contribution in [2.24, 2.45) is 0 Å². The first-order chi connectivity index (χ1) is 11.1. The van der Waals surface area contributed by atoms with Crippen LogP contribution in [0.2, 0.25) is 0 Å². The zero-order chi connectivity index (χ0) is 16.2. The van der Waals surface area contributed by atoms with Crippen LogP contribution in [0.15, 0.2) is 64.3 Å². The lowest BCUT2D eigenvalue weighted by Crippen LogP contribution is -2.30.